The number of hydrogen-bond acceptors (Lipinski definition) is 3. The van der Waals surface area contributed by atoms with Crippen LogP contribution < -0.4 is 9.62 Å². The third-order valence-electron chi connectivity index (χ3n) is 4.07. The fourth-order valence-corrected chi connectivity index (χ4v) is 3.13. The van der Waals surface area contributed by atoms with Gasteiger partial charge in [-0.05, 0) is 43.2 Å². The van der Waals surface area contributed by atoms with Crippen LogP contribution in [0.4, 0.5) is 22.9 Å². The molecule has 1 aliphatic heterocycles. The summed E-state index contributed by atoms with van der Waals surface area (Å²) in [6.07, 6.45) is 1.86. The number of para-hydroxylation sites is 2. The van der Waals surface area contributed by atoms with E-state index >= 15 is 0 Å². The molecular weight excluding hydrogens is 269 g/mol. The van der Waals surface area contributed by atoms with E-state index in [-0.39, 0.29) is 6.98 Å². The Labute approximate surface area is 131 Å². The van der Waals surface area contributed by atoms with E-state index in [9.17, 15) is 0 Å². The maximum Gasteiger partial charge on any atom is 0.382 e. The minimum absolute atomic E-state index is 0.176. The van der Waals surface area contributed by atoms with Crippen molar-refractivity contribution in [2.75, 3.05) is 9.62 Å². The molecule has 0 fully saturated rings. The number of pyridine rings is 1. The average molecular weight is 285 g/mol. The molecule has 4 rings (SSSR count). The highest BCUT2D eigenvalue weighted by Crippen LogP contribution is 2.44. The van der Waals surface area contributed by atoms with Crippen LogP contribution in [-0.4, -0.2) is 12.0 Å². The van der Waals surface area contributed by atoms with Crippen LogP contribution in [0.1, 0.15) is 0 Å². The molecule has 0 saturated carbocycles. The van der Waals surface area contributed by atoms with Crippen LogP contribution in [0.5, 0.6) is 0 Å². The van der Waals surface area contributed by atoms with Gasteiger partial charge in [0.25, 0.3) is 0 Å². The summed E-state index contributed by atoms with van der Waals surface area (Å²) in [5, 5.41) is 0. The van der Waals surface area contributed by atoms with Gasteiger partial charge in [0.15, 0.2) is 0 Å². The average Bonchev–Trinajstić information content (AvgIpc) is 2.88. The number of aromatic nitrogens is 1. The summed E-state index contributed by atoms with van der Waals surface area (Å²) in [5.41, 5.74) is 3.49. The van der Waals surface area contributed by atoms with Crippen LogP contribution in [0, 0.1) is 0 Å². The molecule has 3 aromatic rings. The number of rotatable bonds is 2. The molecule has 0 N–H and O–H groups in total. The molecule has 0 aliphatic carbocycles. The summed E-state index contributed by atoms with van der Waals surface area (Å²) in [6, 6.07) is 25.0. The van der Waals surface area contributed by atoms with Gasteiger partial charge in [0.05, 0.1) is 5.69 Å². The number of anilines is 4. The molecule has 0 atom stereocenters. The van der Waals surface area contributed by atoms with E-state index in [1.165, 1.54) is 5.69 Å². The SMILES string of the molecule is CB1N(c2ccccc2)c2cccnc2N1c1ccccc1. The van der Waals surface area contributed by atoms with Gasteiger partial charge in [0.2, 0.25) is 0 Å². The van der Waals surface area contributed by atoms with E-state index in [2.05, 4.69) is 76.0 Å². The Bertz CT molecular complexity index is 710. The first-order chi connectivity index (χ1) is 10.9. The lowest BCUT2D eigenvalue weighted by atomic mass is 9.75. The Morgan fingerprint density at radius 1 is 0.727 bits per heavy atom. The van der Waals surface area contributed by atoms with Gasteiger partial charge in [-0.15, -0.1) is 0 Å². The molecule has 106 valence electrons. The van der Waals surface area contributed by atoms with Crippen LogP contribution in [0.25, 0.3) is 0 Å². The van der Waals surface area contributed by atoms with Crippen LogP contribution in [0.2, 0.25) is 6.82 Å². The number of fused-ring (bicyclic) bond motifs is 1. The zero-order valence-electron chi connectivity index (χ0n) is 12.4. The van der Waals surface area contributed by atoms with Crippen molar-refractivity contribution in [1.82, 2.24) is 4.98 Å². The van der Waals surface area contributed by atoms with Crippen molar-refractivity contribution in [2.24, 2.45) is 0 Å². The molecule has 0 spiro atoms. The van der Waals surface area contributed by atoms with Crippen LogP contribution >= 0.6 is 0 Å². The molecule has 0 amide bonds. The number of benzene rings is 2. The van der Waals surface area contributed by atoms with Crippen molar-refractivity contribution in [3.63, 3.8) is 0 Å². The third-order valence-corrected chi connectivity index (χ3v) is 4.07. The first-order valence-corrected chi connectivity index (χ1v) is 7.50. The first-order valence-electron chi connectivity index (χ1n) is 7.50. The van der Waals surface area contributed by atoms with Gasteiger partial charge in [-0.25, -0.2) is 4.98 Å². The molecule has 2 aromatic carbocycles. The van der Waals surface area contributed by atoms with Crippen molar-refractivity contribution >= 4 is 29.9 Å². The zero-order chi connectivity index (χ0) is 14.9. The standard InChI is InChI=1S/C18H16BN3/c1-19-21(15-9-4-2-5-10-15)17-13-8-14-20-18(17)22(19)16-11-6-3-7-12-16/h2-14H,1H3. The number of hydrogen-bond donors (Lipinski definition) is 0. The molecule has 22 heavy (non-hydrogen) atoms. The Balaban J connectivity index is 1.87. The topological polar surface area (TPSA) is 19.4 Å². The monoisotopic (exact) mass is 285 g/mol. The zero-order valence-corrected chi connectivity index (χ0v) is 12.4. The molecule has 0 saturated heterocycles. The molecule has 1 aliphatic rings. The van der Waals surface area contributed by atoms with Crippen molar-refractivity contribution in [2.45, 2.75) is 6.82 Å². The summed E-state index contributed by atoms with van der Waals surface area (Å²) >= 11 is 0. The summed E-state index contributed by atoms with van der Waals surface area (Å²) in [4.78, 5) is 9.24. The van der Waals surface area contributed by atoms with Gasteiger partial charge in [-0.3, -0.25) is 0 Å². The summed E-state index contributed by atoms with van der Waals surface area (Å²) in [5.74, 6) is 1.00. The summed E-state index contributed by atoms with van der Waals surface area (Å²) in [6.45, 7) is 2.39. The van der Waals surface area contributed by atoms with Gasteiger partial charge in [0.1, 0.15) is 5.82 Å². The maximum atomic E-state index is 4.63. The molecule has 0 radical (unpaired) electrons. The molecule has 2 heterocycles. The third kappa shape index (κ3) is 1.96. The van der Waals surface area contributed by atoms with Crippen LogP contribution in [-0.2, 0) is 0 Å². The molecule has 0 bridgehead atoms. The molecule has 1 aromatic heterocycles. The first kappa shape index (κ1) is 13.0. The summed E-state index contributed by atoms with van der Waals surface area (Å²) < 4.78 is 0. The van der Waals surface area contributed by atoms with Crippen molar-refractivity contribution in [3.05, 3.63) is 79.0 Å². The molecular formula is C18H16BN3. The van der Waals surface area contributed by atoms with Gasteiger partial charge in [-0.1, -0.05) is 36.4 Å². The lowest BCUT2D eigenvalue weighted by molar-refractivity contribution is 1.26. The van der Waals surface area contributed by atoms with E-state index in [0.717, 1.165) is 17.2 Å². The molecule has 3 nitrogen and oxygen atoms in total. The smallest absolute Gasteiger partial charge is 0.363 e. The fourth-order valence-electron chi connectivity index (χ4n) is 3.13. The van der Waals surface area contributed by atoms with E-state index < -0.39 is 0 Å². The highest BCUT2D eigenvalue weighted by atomic mass is 15.3. The Morgan fingerprint density at radius 2 is 1.32 bits per heavy atom. The quantitative estimate of drug-likeness (QED) is 0.647. The number of nitrogens with zero attached hydrogens (tertiary/aromatic N) is 3. The lowest BCUT2D eigenvalue weighted by Crippen LogP contribution is -2.40. The minimum atomic E-state index is 0.176. The second kappa shape index (κ2) is 5.22. The lowest BCUT2D eigenvalue weighted by Gasteiger charge is -2.26. The van der Waals surface area contributed by atoms with Crippen molar-refractivity contribution in [3.8, 4) is 0 Å². The van der Waals surface area contributed by atoms with Crippen LogP contribution in [0.3, 0.4) is 0 Å². The van der Waals surface area contributed by atoms with E-state index in [1.54, 1.807) is 0 Å². The second-order valence-electron chi connectivity index (χ2n) is 5.39. The van der Waals surface area contributed by atoms with E-state index in [0.29, 0.717) is 0 Å². The highest BCUT2D eigenvalue weighted by Gasteiger charge is 2.39. The molecule has 4 heteroatoms. The van der Waals surface area contributed by atoms with Crippen molar-refractivity contribution in [1.29, 1.82) is 0 Å². The van der Waals surface area contributed by atoms with Gasteiger partial charge in [-0.2, -0.15) is 0 Å². The van der Waals surface area contributed by atoms with Crippen LogP contribution in [0.15, 0.2) is 79.0 Å². The highest BCUT2D eigenvalue weighted by molar-refractivity contribution is 6.71. The minimum Gasteiger partial charge on any atom is -0.363 e. The maximum absolute atomic E-state index is 4.63. The second-order valence-corrected chi connectivity index (χ2v) is 5.39. The Kier molecular flexibility index (Phi) is 3.08. The predicted octanol–water partition coefficient (Wildman–Crippen LogP) is 4.49. The normalized spacial score (nSPS) is 13.4. The largest absolute Gasteiger partial charge is 0.382 e. The van der Waals surface area contributed by atoms with Crippen molar-refractivity contribution < 1.29 is 0 Å². The predicted molar refractivity (Wildman–Crippen MR) is 93.0 cm³/mol. The van der Waals surface area contributed by atoms with E-state index in [1.807, 2.05) is 24.4 Å². The Morgan fingerprint density at radius 3 is 1.95 bits per heavy atom. The molecule has 0 unspecified atom stereocenters. The Hall–Kier alpha value is -2.75. The van der Waals surface area contributed by atoms with Gasteiger partial charge < -0.3 is 9.62 Å². The fraction of sp³-hybridized carbons (Fsp3) is 0.0556. The summed E-state index contributed by atoms with van der Waals surface area (Å²) in [7, 11) is 0. The van der Waals surface area contributed by atoms with Gasteiger partial charge >= 0.3 is 6.98 Å². The van der Waals surface area contributed by atoms with E-state index in [4.69, 9.17) is 0 Å². The van der Waals surface area contributed by atoms with Gasteiger partial charge in [0, 0.05) is 17.6 Å².